The first-order valence-electron chi connectivity index (χ1n) is 9.27. The van der Waals surface area contributed by atoms with Crippen molar-refractivity contribution in [2.24, 2.45) is 0 Å². The number of hydrogen-bond acceptors (Lipinski definition) is 6. The van der Waals surface area contributed by atoms with Crippen LogP contribution >= 0.6 is 11.3 Å². The van der Waals surface area contributed by atoms with Crippen molar-refractivity contribution < 1.29 is 13.2 Å². The second-order valence-corrected chi connectivity index (χ2v) is 11.1. The zero-order valence-electron chi connectivity index (χ0n) is 15.3. The van der Waals surface area contributed by atoms with E-state index < -0.39 is 15.4 Å². The van der Waals surface area contributed by atoms with E-state index in [1.807, 2.05) is 0 Å². The number of nitrogens with zero attached hydrogens (tertiary/aromatic N) is 2. The maximum absolute atomic E-state index is 12.9. The molecule has 1 saturated heterocycles. The maximum atomic E-state index is 12.9. The molecule has 2 aliphatic rings. The van der Waals surface area contributed by atoms with Gasteiger partial charge in [0, 0.05) is 17.8 Å². The van der Waals surface area contributed by atoms with Crippen molar-refractivity contribution >= 4 is 37.3 Å². The van der Waals surface area contributed by atoms with Crippen LogP contribution in [0.3, 0.4) is 0 Å². The Labute approximate surface area is 161 Å². The van der Waals surface area contributed by atoms with Gasteiger partial charge < -0.3 is 5.32 Å². The average molecular weight is 410 g/mol. The van der Waals surface area contributed by atoms with Gasteiger partial charge in [0.1, 0.15) is 4.83 Å². The van der Waals surface area contributed by atoms with E-state index in [0.29, 0.717) is 11.8 Å². The smallest absolute Gasteiger partial charge is 0.262 e. The number of amides is 1. The summed E-state index contributed by atoms with van der Waals surface area (Å²) in [6, 6.07) is 0. The van der Waals surface area contributed by atoms with Crippen molar-refractivity contribution in [3.05, 3.63) is 27.1 Å². The molecular weight excluding hydrogens is 386 g/mol. The molecule has 0 radical (unpaired) electrons. The number of aromatic nitrogens is 2. The highest BCUT2D eigenvalue weighted by Crippen LogP contribution is 2.33. The molecule has 1 atom stereocenters. The van der Waals surface area contributed by atoms with Crippen LogP contribution in [0.2, 0.25) is 0 Å². The third kappa shape index (κ3) is 3.67. The molecule has 0 spiro atoms. The number of thiophene rings is 1. The van der Waals surface area contributed by atoms with Gasteiger partial charge in [0.05, 0.1) is 28.8 Å². The van der Waals surface area contributed by atoms with Crippen LogP contribution < -0.4 is 10.9 Å². The molecular formula is C18H23N3O4S2. The summed E-state index contributed by atoms with van der Waals surface area (Å²) < 4.78 is 24.8. The van der Waals surface area contributed by atoms with Crippen molar-refractivity contribution in [3.63, 3.8) is 0 Å². The Kier molecular flexibility index (Phi) is 4.62. The van der Waals surface area contributed by atoms with Crippen molar-refractivity contribution in [3.8, 4) is 0 Å². The molecule has 2 aromatic heterocycles. The minimum absolute atomic E-state index is 0.0275. The van der Waals surface area contributed by atoms with Crippen molar-refractivity contribution in [2.45, 2.75) is 57.5 Å². The first kappa shape index (κ1) is 18.6. The average Bonchev–Trinajstić information content (AvgIpc) is 3.11. The van der Waals surface area contributed by atoms with Crippen LogP contribution in [0.15, 0.2) is 11.1 Å². The summed E-state index contributed by atoms with van der Waals surface area (Å²) in [6.07, 6.45) is 6.25. The number of sulfone groups is 1. The monoisotopic (exact) mass is 409 g/mol. The minimum Gasteiger partial charge on any atom is -0.350 e. The first-order valence-corrected chi connectivity index (χ1v) is 11.9. The molecule has 4 rings (SSSR count). The second kappa shape index (κ2) is 6.70. The van der Waals surface area contributed by atoms with Gasteiger partial charge in [-0.1, -0.05) is 0 Å². The van der Waals surface area contributed by atoms with E-state index >= 15 is 0 Å². The lowest BCUT2D eigenvalue weighted by atomic mass is 9.97. The Morgan fingerprint density at radius 2 is 2.15 bits per heavy atom. The zero-order valence-corrected chi connectivity index (χ0v) is 16.9. The molecule has 0 aromatic carbocycles. The van der Waals surface area contributed by atoms with Crippen LogP contribution in [-0.4, -0.2) is 40.9 Å². The van der Waals surface area contributed by atoms with E-state index in [9.17, 15) is 18.0 Å². The Morgan fingerprint density at radius 3 is 2.89 bits per heavy atom. The van der Waals surface area contributed by atoms with Crippen LogP contribution in [0.4, 0.5) is 0 Å². The Bertz CT molecular complexity index is 1070. The van der Waals surface area contributed by atoms with Crippen LogP contribution in [0, 0.1) is 0 Å². The fourth-order valence-electron chi connectivity index (χ4n) is 4.07. The van der Waals surface area contributed by atoms with Gasteiger partial charge in [0.2, 0.25) is 5.91 Å². The van der Waals surface area contributed by atoms with E-state index in [1.54, 1.807) is 18.3 Å². The van der Waals surface area contributed by atoms with E-state index in [-0.39, 0.29) is 35.9 Å². The number of carbonyl (C=O) groups excluding carboxylic acids is 1. The molecule has 9 heteroatoms. The van der Waals surface area contributed by atoms with Gasteiger partial charge in [0.25, 0.3) is 5.56 Å². The topological polar surface area (TPSA) is 98.1 Å². The summed E-state index contributed by atoms with van der Waals surface area (Å²) in [4.78, 5) is 31.7. The Balaban J connectivity index is 1.48. The minimum atomic E-state index is -3.08. The van der Waals surface area contributed by atoms with Gasteiger partial charge in [0.15, 0.2) is 9.84 Å². The largest absolute Gasteiger partial charge is 0.350 e. The van der Waals surface area contributed by atoms with Crippen LogP contribution in [0.5, 0.6) is 0 Å². The summed E-state index contributed by atoms with van der Waals surface area (Å²) in [5.74, 6) is -0.165. The summed E-state index contributed by atoms with van der Waals surface area (Å²) in [5.41, 5.74) is 0.346. The number of aryl methyl sites for hydroxylation is 3. The number of carbonyl (C=O) groups is 1. The molecule has 0 unspecified atom stereocenters. The molecule has 1 aliphatic heterocycles. The van der Waals surface area contributed by atoms with Gasteiger partial charge >= 0.3 is 0 Å². The third-order valence-electron chi connectivity index (χ3n) is 5.47. The molecule has 1 amide bonds. The van der Waals surface area contributed by atoms with Gasteiger partial charge in [-0.25, -0.2) is 13.4 Å². The first-order chi connectivity index (χ1) is 12.8. The Hall–Kier alpha value is -1.74. The molecule has 1 N–H and O–H groups in total. The number of fused-ring (bicyclic) bond motifs is 3. The highest BCUT2D eigenvalue weighted by molar-refractivity contribution is 7.91. The van der Waals surface area contributed by atoms with Crippen molar-refractivity contribution in [1.82, 2.24) is 14.9 Å². The van der Waals surface area contributed by atoms with Gasteiger partial charge in [-0.3, -0.25) is 14.2 Å². The van der Waals surface area contributed by atoms with Gasteiger partial charge in [-0.05, 0) is 44.6 Å². The molecule has 1 fully saturated rings. The van der Waals surface area contributed by atoms with Gasteiger partial charge in [-0.2, -0.15) is 0 Å². The SMILES string of the molecule is C[C@@]1(NC(=O)CCn2cnc3sc4c(c3c2=O)CCCC4)CCS(=O)(=O)C1. The van der Waals surface area contributed by atoms with E-state index in [4.69, 9.17) is 0 Å². The van der Waals surface area contributed by atoms with Crippen LogP contribution in [0.25, 0.3) is 10.2 Å². The fourth-order valence-corrected chi connectivity index (χ4v) is 7.38. The zero-order chi connectivity index (χ0) is 19.2. The summed E-state index contributed by atoms with van der Waals surface area (Å²) in [6.45, 7) is 1.99. The normalized spacial score (nSPS) is 24.0. The summed E-state index contributed by atoms with van der Waals surface area (Å²) in [7, 11) is -3.08. The van der Waals surface area contributed by atoms with E-state index in [0.717, 1.165) is 36.1 Å². The number of hydrogen-bond donors (Lipinski definition) is 1. The van der Waals surface area contributed by atoms with Gasteiger partial charge in [-0.15, -0.1) is 11.3 Å². The van der Waals surface area contributed by atoms with Crippen molar-refractivity contribution in [1.29, 1.82) is 0 Å². The Morgan fingerprint density at radius 1 is 1.37 bits per heavy atom. The predicted molar refractivity (Wildman–Crippen MR) is 105 cm³/mol. The number of rotatable bonds is 4. The lowest BCUT2D eigenvalue weighted by molar-refractivity contribution is -0.122. The highest BCUT2D eigenvalue weighted by Gasteiger charge is 2.39. The molecule has 146 valence electrons. The lowest BCUT2D eigenvalue weighted by Gasteiger charge is -2.23. The lowest BCUT2D eigenvalue weighted by Crippen LogP contribution is -2.47. The molecule has 0 bridgehead atoms. The van der Waals surface area contributed by atoms with Crippen molar-refractivity contribution in [2.75, 3.05) is 11.5 Å². The van der Waals surface area contributed by atoms with E-state index in [2.05, 4.69) is 10.3 Å². The van der Waals surface area contributed by atoms with Crippen LogP contribution in [-0.2, 0) is 34.0 Å². The molecule has 1 aliphatic carbocycles. The number of nitrogens with one attached hydrogen (secondary N) is 1. The molecule has 7 nitrogen and oxygen atoms in total. The van der Waals surface area contributed by atoms with Crippen LogP contribution in [0.1, 0.15) is 43.0 Å². The summed E-state index contributed by atoms with van der Waals surface area (Å²) in [5, 5.41) is 3.55. The standard InChI is InChI=1S/C18H23N3O4S2/c1-18(7-9-27(24,25)10-18)20-14(22)6-8-21-11-19-16-15(17(21)23)12-4-2-3-5-13(12)26-16/h11H,2-10H2,1H3,(H,20,22)/t18-/m1/s1. The molecule has 2 aromatic rings. The quantitative estimate of drug-likeness (QED) is 0.824. The predicted octanol–water partition coefficient (Wildman–Crippen LogP) is 1.42. The maximum Gasteiger partial charge on any atom is 0.262 e. The third-order valence-corrected chi connectivity index (χ3v) is 8.57. The molecule has 0 saturated carbocycles. The van der Waals surface area contributed by atoms with E-state index in [1.165, 1.54) is 15.8 Å². The fraction of sp³-hybridized carbons (Fsp3) is 0.611. The highest BCUT2D eigenvalue weighted by atomic mass is 32.2. The molecule has 3 heterocycles. The molecule has 27 heavy (non-hydrogen) atoms. The summed E-state index contributed by atoms with van der Waals surface area (Å²) >= 11 is 1.61. The second-order valence-electron chi connectivity index (χ2n) is 7.84.